The lowest BCUT2D eigenvalue weighted by molar-refractivity contribution is 0.391. The lowest BCUT2D eigenvalue weighted by atomic mass is 10.1. The predicted octanol–water partition coefficient (Wildman–Crippen LogP) is 2.77. The number of fused-ring (bicyclic) bond motifs is 1. The Hall–Kier alpha value is -2.03. The maximum absolute atomic E-state index is 14.3. The molecule has 0 aromatic heterocycles. The zero-order chi connectivity index (χ0) is 18.0. The highest BCUT2D eigenvalue weighted by atomic mass is 32.2. The normalized spacial score (nSPS) is 16.7. The number of halogens is 2. The molecule has 0 unspecified atom stereocenters. The number of hydrogen-bond acceptors (Lipinski definition) is 3. The Morgan fingerprint density at radius 1 is 1.12 bits per heavy atom. The largest absolute Gasteiger partial charge is 0.320 e. The van der Waals surface area contributed by atoms with Gasteiger partial charge in [-0.05, 0) is 55.9 Å². The molecule has 1 N–H and O–H groups in total. The van der Waals surface area contributed by atoms with Crippen molar-refractivity contribution in [1.29, 1.82) is 0 Å². The lowest BCUT2D eigenvalue weighted by Gasteiger charge is -2.37. The molecule has 0 bridgehead atoms. The van der Waals surface area contributed by atoms with E-state index in [2.05, 4.69) is 5.32 Å². The first-order valence-electron chi connectivity index (χ1n) is 7.93. The number of nitrogens with zero attached hydrogens (tertiary/aromatic N) is 2. The second kappa shape index (κ2) is 7.07. The van der Waals surface area contributed by atoms with Crippen LogP contribution >= 0.6 is 0 Å². The molecule has 25 heavy (non-hydrogen) atoms. The fourth-order valence-corrected chi connectivity index (χ4v) is 4.60. The molecule has 0 aliphatic carbocycles. The molecule has 0 radical (unpaired) electrons. The Kier molecular flexibility index (Phi) is 5.03. The van der Waals surface area contributed by atoms with E-state index in [1.165, 1.54) is 40.7 Å². The summed E-state index contributed by atoms with van der Waals surface area (Å²) in [6.07, 6.45) is 0.589. The van der Waals surface area contributed by atoms with Crippen LogP contribution in [0.15, 0.2) is 42.5 Å². The number of para-hydroxylation sites is 1. The van der Waals surface area contributed by atoms with Gasteiger partial charge >= 0.3 is 10.2 Å². The third-order valence-electron chi connectivity index (χ3n) is 4.07. The molecule has 3 rings (SSSR count). The van der Waals surface area contributed by atoms with Crippen molar-refractivity contribution < 1.29 is 17.2 Å². The zero-order valence-corrected chi connectivity index (χ0v) is 14.6. The molecular formula is C17H19F2N3O2S. The van der Waals surface area contributed by atoms with Gasteiger partial charge in [0.2, 0.25) is 0 Å². The Labute approximate surface area is 146 Å². The average molecular weight is 367 g/mol. The SMILES string of the molecule is CNCCCN1Cc2cc(F)ccc2N(c2ccccc2F)S1(=O)=O. The standard InChI is InChI=1S/C17H19F2N3O2S/c1-20-9-4-10-21-12-13-11-14(18)7-8-16(13)22(25(21,23)24)17-6-3-2-5-15(17)19/h2-3,5-8,11,20H,4,9-10,12H2,1H3. The summed E-state index contributed by atoms with van der Waals surface area (Å²) < 4.78 is 56.3. The molecule has 0 fully saturated rings. The first kappa shape index (κ1) is 17.8. The van der Waals surface area contributed by atoms with Crippen LogP contribution in [0.5, 0.6) is 0 Å². The van der Waals surface area contributed by atoms with Gasteiger partial charge in [0.15, 0.2) is 0 Å². The minimum absolute atomic E-state index is 0.0596. The van der Waals surface area contributed by atoms with E-state index in [1.54, 1.807) is 13.1 Å². The van der Waals surface area contributed by atoms with Crippen molar-refractivity contribution in [2.75, 3.05) is 24.4 Å². The highest BCUT2D eigenvalue weighted by Crippen LogP contribution is 2.39. The second-order valence-electron chi connectivity index (χ2n) is 5.79. The molecule has 8 heteroatoms. The Bertz CT molecular complexity index is 874. The highest BCUT2D eigenvalue weighted by molar-refractivity contribution is 7.90. The molecule has 0 saturated carbocycles. The first-order chi connectivity index (χ1) is 11.9. The molecule has 0 saturated heterocycles. The van der Waals surface area contributed by atoms with Gasteiger partial charge in [-0.15, -0.1) is 0 Å². The van der Waals surface area contributed by atoms with Crippen molar-refractivity contribution in [3.8, 4) is 0 Å². The van der Waals surface area contributed by atoms with Crippen LogP contribution in [0.1, 0.15) is 12.0 Å². The summed E-state index contributed by atoms with van der Waals surface area (Å²) in [6, 6.07) is 9.51. The summed E-state index contributed by atoms with van der Waals surface area (Å²) in [5.41, 5.74) is 0.701. The van der Waals surface area contributed by atoms with Gasteiger partial charge in [0.1, 0.15) is 11.6 Å². The molecule has 1 aliphatic heterocycles. The minimum atomic E-state index is -3.97. The predicted molar refractivity (Wildman–Crippen MR) is 92.8 cm³/mol. The number of benzene rings is 2. The fourth-order valence-electron chi connectivity index (χ4n) is 2.89. The topological polar surface area (TPSA) is 52.6 Å². The molecule has 5 nitrogen and oxygen atoms in total. The van der Waals surface area contributed by atoms with E-state index in [4.69, 9.17) is 0 Å². The first-order valence-corrected chi connectivity index (χ1v) is 9.33. The molecule has 0 amide bonds. The van der Waals surface area contributed by atoms with Gasteiger partial charge in [0, 0.05) is 13.1 Å². The van der Waals surface area contributed by atoms with E-state index in [9.17, 15) is 17.2 Å². The van der Waals surface area contributed by atoms with Gasteiger partial charge in [-0.2, -0.15) is 12.7 Å². The summed E-state index contributed by atoms with van der Waals surface area (Å²) in [4.78, 5) is 0. The van der Waals surface area contributed by atoms with E-state index < -0.39 is 21.8 Å². The van der Waals surface area contributed by atoms with E-state index in [0.29, 0.717) is 18.5 Å². The van der Waals surface area contributed by atoms with Gasteiger partial charge in [-0.25, -0.2) is 13.1 Å². The van der Waals surface area contributed by atoms with Crippen LogP contribution in [0, 0.1) is 11.6 Å². The Morgan fingerprint density at radius 2 is 1.88 bits per heavy atom. The van der Waals surface area contributed by atoms with E-state index in [0.717, 1.165) is 4.31 Å². The maximum Gasteiger partial charge on any atom is 0.308 e. The Balaban J connectivity index is 2.12. The van der Waals surface area contributed by atoms with Crippen LogP contribution in [0.25, 0.3) is 0 Å². The highest BCUT2D eigenvalue weighted by Gasteiger charge is 2.38. The van der Waals surface area contributed by atoms with Gasteiger partial charge in [0.05, 0.1) is 11.4 Å². The summed E-state index contributed by atoms with van der Waals surface area (Å²) in [6.45, 7) is 0.954. The fraction of sp³-hybridized carbons (Fsp3) is 0.294. The Morgan fingerprint density at radius 3 is 2.60 bits per heavy atom. The summed E-state index contributed by atoms with van der Waals surface area (Å²) >= 11 is 0. The lowest BCUT2D eigenvalue weighted by Crippen LogP contribution is -2.46. The van der Waals surface area contributed by atoms with Crippen LogP contribution in [-0.2, 0) is 16.8 Å². The van der Waals surface area contributed by atoms with Crippen LogP contribution in [0.4, 0.5) is 20.2 Å². The molecule has 1 heterocycles. The van der Waals surface area contributed by atoms with Gasteiger partial charge in [-0.3, -0.25) is 0 Å². The summed E-state index contributed by atoms with van der Waals surface area (Å²) in [5, 5.41) is 2.96. The smallest absolute Gasteiger partial charge is 0.308 e. The van der Waals surface area contributed by atoms with Gasteiger partial charge < -0.3 is 5.32 Å². The van der Waals surface area contributed by atoms with Gasteiger partial charge in [0.25, 0.3) is 0 Å². The van der Waals surface area contributed by atoms with E-state index in [1.807, 2.05) is 0 Å². The van der Waals surface area contributed by atoms with Crippen LogP contribution in [0.3, 0.4) is 0 Å². The van der Waals surface area contributed by atoms with Crippen molar-refractivity contribution in [2.45, 2.75) is 13.0 Å². The number of rotatable bonds is 5. The molecule has 1 aliphatic rings. The van der Waals surface area contributed by atoms with E-state index >= 15 is 0 Å². The third kappa shape index (κ3) is 3.37. The monoisotopic (exact) mass is 367 g/mol. The number of hydrogen-bond donors (Lipinski definition) is 1. The molecule has 0 atom stereocenters. The van der Waals surface area contributed by atoms with Crippen molar-refractivity contribution in [1.82, 2.24) is 9.62 Å². The minimum Gasteiger partial charge on any atom is -0.320 e. The van der Waals surface area contributed by atoms with Crippen LogP contribution in [-0.4, -0.2) is 32.9 Å². The van der Waals surface area contributed by atoms with Crippen LogP contribution in [0.2, 0.25) is 0 Å². The van der Waals surface area contributed by atoms with Crippen molar-refractivity contribution in [2.24, 2.45) is 0 Å². The van der Waals surface area contributed by atoms with E-state index in [-0.39, 0.29) is 24.5 Å². The summed E-state index contributed by atoms with van der Waals surface area (Å²) in [7, 11) is -2.19. The average Bonchev–Trinajstić information content (AvgIpc) is 2.57. The zero-order valence-electron chi connectivity index (χ0n) is 13.7. The van der Waals surface area contributed by atoms with Gasteiger partial charge in [-0.1, -0.05) is 12.1 Å². The van der Waals surface area contributed by atoms with Crippen molar-refractivity contribution in [3.63, 3.8) is 0 Å². The third-order valence-corrected chi connectivity index (χ3v) is 5.89. The number of anilines is 2. The van der Waals surface area contributed by atoms with Crippen LogP contribution < -0.4 is 9.62 Å². The molecule has 2 aromatic rings. The quantitative estimate of drug-likeness (QED) is 0.827. The second-order valence-corrected chi connectivity index (χ2v) is 7.56. The maximum atomic E-state index is 14.3. The van der Waals surface area contributed by atoms with Crippen molar-refractivity contribution in [3.05, 3.63) is 59.7 Å². The molecule has 2 aromatic carbocycles. The molecule has 134 valence electrons. The van der Waals surface area contributed by atoms with Crippen molar-refractivity contribution >= 4 is 21.6 Å². The summed E-state index contributed by atoms with van der Waals surface area (Å²) in [5.74, 6) is -1.11. The number of nitrogens with one attached hydrogen (secondary N) is 1. The molecular weight excluding hydrogens is 348 g/mol. The molecule has 0 spiro atoms.